The molecule has 0 aliphatic rings. The van der Waals surface area contributed by atoms with Gasteiger partial charge in [-0.05, 0) is 24.6 Å². The number of rotatable bonds is 3. The summed E-state index contributed by atoms with van der Waals surface area (Å²) in [6.45, 7) is 0.167. The Morgan fingerprint density at radius 3 is 2.54 bits per heavy atom. The Balaban J connectivity index is 3.09. The fourth-order valence-electron chi connectivity index (χ4n) is 1.19. The monoisotopic (exact) mass is 189 g/mol. The summed E-state index contributed by atoms with van der Waals surface area (Å²) in [6, 6.07) is 3.66. The lowest BCUT2D eigenvalue weighted by Crippen LogP contribution is -2.07. The number of alkyl halides is 2. The highest BCUT2D eigenvalue weighted by Crippen LogP contribution is 2.24. The van der Waals surface area contributed by atoms with Crippen LogP contribution in [0.15, 0.2) is 18.2 Å². The van der Waals surface area contributed by atoms with Crippen LogP contribution in [0.3, 0.4) is 0 Å². The molecule has 1 nitrogen and oxygen atoms in total. The van der Waals surface area contributed by atoms with Crippen LogP contribution in [-0.4, -0.2) is 6.54 Å². The Bertz CT molecular complexity index is 286. The predicted octanol–water partition coefficient (Wildman–Crippen LogP) is 2.26. The summed E-state index contributed by atoms with van der Waals surface area (Å²) in [5.41, 5.74) is 4.96. The van der Waals surface area contributed by atoms with Crippen molar-refractivity contribution in [1.29, 1.82) is 0 Å². The second-order valence-corrected chi connectivity index (χ2v) is 2.65. The maximum Gasteiger partial charge on any atom is 0.264 e. The molecule has 1 rings (SSSR count). The third-order valence-corrected chi connectivity index (χ3v) is 1.78. The molecule has 0 saturated heterocycles. The molecule has 0 aliphatic heterocycles. The maximum atomic E-state index is 13.0. The van der Waals surface area contributed by atoms with Crippen LogP contribution in [-0.2, 0) is 6.42 Å². The highest BCUT2D eigenvalue weighted by molar-refractivity contribution is 5.29. The highest BCUT2D eigenvalue weighted by atomic mass is 19.3. The Hall–Kier alpha value is -1.03. The van der Waals surface area contributed by atoms with Crippen LogP contribution in [0.4, 0.5) is 13.2 Å². The summed E-state index contributed by atoms with van der Waals surface area (Å²) in [7, 11) is 0. The lowest BCUT2D eigenvalue weighted by atomic mass is 10.0. The highest BCUT2D eigenvalue weighted by Gasteiger charge is 2.14. The predicted molar refractivity (Wildman–Crippen MR) is 44.1 cm³/mol. The molecule has 1 aromatic carbocycles. The summed E-state index contributed by atoms with van der Waals surface area (Å²) >= 11 is 0. The van der Waals surface area contributed by atoms with Crippen LogP contribution in [0.5, 0.6) is 0 Å². The van der Waals surface area contributed by atoms with Gasteiger partial charge in [0.05, 0.1) is 0 Å². The number of hydrogen-bond donors (Lipinski definition) is 1. The first-order valence-electron chi connectivity index (χ1n) is 3.92. The van der Waals surface area contributed by atoms with Crippen molar-refractivity contribution in [2.45, 2.75) is 12.8 Å². The number of benzene rings is 1. The van der Waals surface area contributed by atoms with Gasteiger partial charge in [-0.15, -0.1) is 0 Å². The van der Waals surface area contributed by atoms with Crippen molar-refractivity contribution in [3.8, 4) is 0 Å². The normalized spacial score (nSPS) is 10.8. The van der Waals surface area contributed by atoms with Crippen LogP contribution in [0, 0.1) is 5.82 Å². The van der Waals surface area contributed by atoms with Gasteiger partial charge in [0.25, 0.3) is 6.43 Å². The van der Waals surface area contributed by atoms with Crippen molar-refractivity contribution >= 4 is 0 Å². The Morgan fingerprint density at radius 1 is 1.31 bits per heavy atom. The molecule has 0 aliphatic carbocycles. The molecule has 2 N–H and O–H groups in total. The molecule has 13 heavy (non-hydrogen) atoms. The van der Waals surface area contributed by atoms with Crippen molar-refractivity contribution < 1.29 is 13.2 Å². The minimum atomic E-state index is -2.64. The van der Waals surface area contributed by atoms with Crippen molar-refractivity contribution in [3.63, 3.8) is 0 Å². The molecule has 0 bridgehead atoms. The molecule has 72 valence electrons. The first kappa shape index (κ1) is 10.1. The van der Waals surface area contributed by atoms with Gasteiger partial charge in [0.2, 0.25) is 0 Å². The molecule has 0 fully saturated rings. The van der Waals surface area contributed by atoms with Gasteiger partial charge in [0.15, 0.2) is 0 Å². The lowest BCUT2D eigenvalue weighted by molar-refractivity contribution is 0.149. The molecule has 0 heterocycles. The fraction of sp³-hybridized carbons (Fsp3) is 0.333. The van der Waals surface area contributed by atoms with Crippen molar-refractivity contribution in [2.24, 2.45) is 5.73 Å². The van der Waals surface area contributed by atoms with Gasteiger partial charge in [0, 0.05) is 5.56 Å². The zero-order valence-corrected chi connectivity index (χ0v) is 6.93. The van der Waals surface area contributed by atoms with Gasteiger partial charge < -0.3 is 5.73 Å². The third-order valence-electron chi connectivity index (χ3n) is 1.78. The molecule has 0 amide bonds. The zero-order valence-electron chi connectivity index (χ0n) is 6.93. The number of halogens is 3. The van der Waals surface area contributed by atoms with Crippen LogP contribution in [0.1, 0.15) is 17.6 Å². The van der Waals surface area contributed by atoms with E-state index in [0.29, 0.717) is 0 Å². The van der Waals surface area contributed by atoms with Crippen molar-refractivity contribution in [3.05, 3.63) is 35.1 Å². The average Bonchev–Trinajstić information content (AvgIpc) is 2.08. The number of nitrogens with two attached hydrogens (primary N) is 1. The van der Waals surface area contributed by atoms with E-state index >= 15 is 0 Å². The van der Waals surface area contributed by atoms with E-state index in [1.165, 1.54) is 12.1 Å². The summed E-state index contributed by atoms with van der Waals surface area (Å²) < 4.78 is 37.7. The topological polar surface area (TPSA) is 26.0 Å². The molecule has 0 saturated carbocycles. The minimum Gasteiger partial charge on any atom is -0.330 e. The van der Waals surface area contributed by atoms with Gasteiger partial charge in [-0.2, -0.15) is 0 Å². The molecule has 0 radical (unpaired) electrons. The molecule has 0 aromatic heterocycles. The van der Waals surface area contributed by atoms with Gasteiger partial charge >= 0.3 is 0 Å². The Kier molecular flexibility index (Phi) is 3.31. The first-order chi connectivity index (χ1) is 6.16. The van der Waals surface area contributed by atoms with E-state index in [1.807, 2.05) is 0 Å². The van der Waals surface area contributed by atoms with Crippen molar-refractivity contribution in [2.75, 3.05) is 6.54 Å². The van der Waals surface area contributed by atoms with Crippen molar-refractivity contribution in [1.82, 2.24) is 0 Å². The van der Waals surface area contributed by atoms with Crippen LogP contribution in [0.2, 0.25) is 0 Å². The lowest BCUT2D eigenvalue weighted by Gasteiger charge is -2.08. The van der Waals surface area contributed by atoms with E-state index in [4.69, 9.17) is 5.73 Å². The van der Waals surface area contributed by atoms with E-state index in [1.54, 1.807) is 0 Å². The zero-order chi connectivity index (χ0) is 9.84. The Morgan fingerprint density at radius 2 is 2.00 bits per heavy atom. The average molecular weight is 189 g/mol. The third kappa shape index (κ3) is 2.21. The maximum absolute atomic E-state index is 13.0. The second-order valence-electron chi connectivity index (χ2n) is 2.65. The second kappa shape index (κ2) is 4.28. The summed E-state index contributed by atoms with van der Waals surface area (Å²) in [4.78, 5) is 0. The van der Waals surface area contributed by atoms with Crippen LogP contribution in [0.25, 0.3) is 0 Å². The van der Waals surface area contributed by atoms with Gasteiger partial charge in [-0.25, -0.2) is 13.2 Å². The fourth-order valence-corrected chi connectivity index (χ4v) is 1.19. The van der Waals surface area contributed by atoms with Crippen LogP contribution >= 0.6 is 0 Å². The van der Waals surface area contributed by atoms with Gasteiger partial charge in [0.1, 0.15) is 5.82 Å². The van der Waals surface area contributed by atoms with Gasteiger partial charge in [-0.3, -0.25) is 0 Å². The molecule has 0 atom stereocenters. The summed E-state index contributed by atoms with van der Waals surface area (Å²) in [5, 5.41) is 0. The van der Waals surface area contributed by atoms with Gasteiger partial charge in [-0.1, -0.05) is 12.1 Å². The van der Waals surface area contributed by atoms with E-state index in [9.17, 15) is 13.2 Å². The standard InChI is InChI=1S/C9H10F3N/c10-8-3-1-2-7(9(11)12)6(8)4-5-13/h1-3,9H,4-5,13H2. The summed E-state index contributed by atoms with van der Waals surface area (Å²) in [5.74, 6) is -0.608. The smallest absolute Gasteiger partial charge is 0.264 e. The molecule has 4 heteroatoms. The minimum absolute atomic E-state index is 0.0278. The van der Waals surface area contributed by atoms with E-state index < -0.39 is 12.2 Å². The molecular weight excluding hydrogens is 179 g/mol. The van der Waals surface area contributed by atoms with E-state index in [0.717, 1.165) is 6.07 Å². The van der Waals surface area contributed by atoms with E-state index in [2.05, 4.69) is 0 Å². The SMILES string of the molecule is NCCc1c(F)cccc1C(F)F. The first-order valence-corrected chi connectivity index (χ1v) is 3.92. The number of hydrogen-bond acceptors (Lipinski definition) is 1. The molecule has 0 unspecified atom stereocenters. The Labute approximate surface area is 74.4 Å². The quantitative estimate of drug-likeness (QED) is 0.775. The van der Waals surface area contributed by atoms with Crippen LogP contribution < -0.4 is 5.73 Å². The molecule has 0 spiro atoms. The van der Waals surface area contributed by atoms with E-state index in [-0.39, 0.29) is 24.1 Å². The largest absolute Gasteiger partial charge is 0.330 e. The summed E-state index contributed by atoms with van der Waals surface area (Å²) in [6.07, 6.45) is -2.50. The molecular formula is C9H10F3N. The molecule has 1 aromatic rings.